The zero-order valence-electron chi connectivity index (χ0n) is 14.7. The van der Waals surface area contributed by atoms with E-state index < -0.39 is 0 Å². The van der Waals surface area contributed by atoms with Crippen molar-refractivity contribution < 1.29 is 9.53 Å². The molecule has 0 radical (unpaired) electrons. The molecule has 6 heteroatoms. The van der Waals surface area contributed by atoms with Gasteiger partial charge in [0.05, 0.1) is 30.8 Å². The average molecular weight is 343 g/mol. The molecule has 0 atom stereocenters. The number of aromatic nitrogens is 2. The molecule has 1 aromatic carbocycles. The maximum atomic E-state index is 12.5. The first kappa shape index (κ1) is 17.6. The van der Waals surface area contributed by atoms with Crippen molar-refractivity contribution in [3.63, 3.8) is 0 Å². The quantitative estimate of drug-likeness (QED) is 0.837. The van der Waals surface area contributed by atoms with Crippen LogP contribution in [0, 0.1) is 5.92 Å². The van der Waals surface area contributed by atoms with Gasteiger partial charge in [-0.1, -0.05) is 31.0 Å². The normalized spacial score (nSPS) is 14.9. The molecule has 3 rings (SSSR count). The number of carbonyl (C=O) groups excluding carboxylic acids is 1. The fraction of sp³-hybridized carbons (Fsp3) is 0.526. The fourth-order valence-corrected chi connectivity index (χ4v) is 3.50. The van der Waals surface area contributed by atoms with Crippen molar-refractivity contribution in [2.45, 2.75) is 45.2 Å². The number of amides is 1. The summed E-state index contributed by atoms with van der Waals surface area (Å²) in [6.07, 6.45) is 5.34. The first-order chi connectivity index (χ1) is 12.2. The third-order valence-electron chi connectivity index (χ3n) is 4.85. The largest absolute Gasteiger partial charge is 0.383 e. The number of hydrogen-bond donors (Lipinski definition) is 1. The molecule has 1 aliphatic rings. The molecule has 0 spiro atoms. The maximum absolute atomic E-state index is 12.5. The molecule has 2 aromatic rings. The van der Waals surface area contributed by atoms with E-state index in [1.54, 1.807) is 13.2 Å². The number of rotatable bonds is 7. The Kier molecular flexibility index (Phi) is 5.81. The second-order valence-corrected chi connectivity index (χ2v) is 6.64. The van der Waals surface area contributed by atoms with Gasteiger partial charge in [0.1, 0.15) is 0 Å². The molecule has 1 N–H and O–H groups in total. The number of nitrogens with zero attached hydrogens (tertiary/aromatic N) is 2. The van der Waals surface area contributed by atoms with E-state index in [4.69, 9.17) is 4.74 Å². The van der Waals surface area contributed by atoms with E-state index in [9.17, 15) is 9.59 Å². The maximum Gasteiger partial charge on any atom is 0.274 e. The van der Waals surface area contributed by atoms with Crippen LogP contribution in [0.2, 0.25) is 0 Å². The summed E-state index contributed by atoms with van der Waals surface area (Å²) in [6.45, 7) is 1.14. The average Bonchev–Trinajstić information content (AvgIpc) is 3.13. The van der Waals surface area contributed by atoms with Gasteiger partial charge in [-0.3, -0.25) is 9.59 Å². The van der Waals surface area contributed by atoms with E-state index in [2.05, 4.69) is 10.4 Å². The summed E-state index contributed by atoms with van der Waals surface area (Å²) in [5, 5.41) is 8.84. The highest BCUT2D eigenvalue weighted by molar-refractivity contribution is 5.84. The van der Waals surface area contributed by atoms with Crippen LogP contribution in [0.5, 0.6) is 0 Å². The van der Waals surface area contributed by atoms with Crippen molar-refractivity contribution >= 4 is 16.7 Å². The van der Waals surface area contributed by atoms with Crippen molar-refractivity contribution in [1.82, 2.24) is 15.1 Å². The SMILES string of the molecule is COCCn1nc(CNC(=O)CC2CCCC2)c2ccccc2c1=O. The Hall–Kier alpha value is -2.21. The molecule has 1 saturated carbocycles. The monoisotopic (exact) mass is 343 g/mol. The van der Waals surface area contributed by atoms with Crippen molar-refractivity contribution in [2.24, 2.45) is 5.92 Å². The predicted molar refractivity (Wildman–Crippen MR) is 96.3 cm³/mol. The highest BCUT2D eigenvalue weighted by Crippen LogP contribution is 2.27. The van der Waals surface area contributed by atoms with Gasteiger partial charge in [-0.2, -0.15) is 5.10 Å². The van der Waals surface area contributed by atoms with Crippen LogP contribution in [0.25, 0.3) is 10.8 Å². The summed E-state index contributed by atoms with van der Waals surface area (Å²) in [5.41, 5.74) is 0.583. The summed E-state index contributed by atoms with van der Waals surface area (Å²) < 4.78 is 6.48. The Morgan fingerprint density at radius 3 is 2.72 bits per heavy atom. The molecule has 134 valence electrons. The lowest BCUT2D eigenvalue weighted by Crippen LogP contribution is -2.30. The topological polar surface area (TPSA) is 73.2 Å². The van der Waals surface area contributed by atoms with Crippen LogP contribution in [-0.2, 0) is 22.6 Å². The van der Waals surface area contributed by atoms with Crippen molar-refractivity contribution in [3.8, 4) is 0 Å². The van der Waals surface area contributed by atoms with E-state index in [0.717, 1.165) is 18.2 Å². The van der Waals surface area contributed by atoms with Gasteiger partial charge < -0.3 is 10.1 Å². The molecule has 0 saturated heterocycles. The van der Waals surface area contributed by atoms with Gasteiger partial charge in [0.25, 0.3) is 5.56 Å². The Labute approximate surface area is 147 Å². The zero-order valence-corrected chi connectivity index (χ0v) is 14.7. The van der Waals surface area contributed by atoms with E-state index in [1.165, 1.54) is 17.5 Å². The molecule has 25 heavy (non-hydrogen) atoms. The Morgan fingerprint density at radius 1 is 1.28 bits per heavy atom. The second kappa shape index (κ2) is 8.25. The fourth-order valence-electron chi connectivity index (χ4n) is 3.50. The van der Waals surface area contributed by atoms with Gasteiger partial charge in [-0.05, 0) is 24.8 Å². The summed E-state index contributed by atoms with van der Waals surface area (Å²) in [6, 6.07) is 7.40. The molecule has 1 aromatic heterocycles. The van der Waals surface area contributed by atoms with E-state index in [-0.39, 0.29) is 11.5 Å². The Bertz CT molecular complexity index is 794. The van der Waals surface area contributed by atoms with E-state index in [0.29, 0.717) is 43.1 Å². The predicted octanol–water partition coefficient (Wildman–Crippen LogP) is 2.24. The van der Waals surface area contributed by atoms with E-state index >= 15 is 0 Å². The van der Waals surface area contributed by atoms with Crippen molar-refractivity contribution in [2.75, 3.05) is 13.7 Å². The first-order valence-electron chi connectivity index (χ1n) is 8.93. The van der Waals surface area contributed by atoms with Crippen molar-refractivity contribution in [3.05, 3.63) is 40.3 Å². The second-order valence-electron chi connectivity index (χ2n) is 6.64. The molecule has 0 aliphatic heterocycles. The number of benzene rings is 1. The summed E-state index contributed by atoms with van der Waals surface area (Å²) >= 11 is 0. The summed E-state index contributed by atoms with van der Waals surface area (Å²) in [4.78, 5) is 24.7. The van der Waals surface area contributed by atoms with Crippen LogP contribution in [0.4, 0.5) is 0 Å². The van der Waals surface area contributed by atoms with Crippen LogP contribution >= 0.6 is 0 Å². The van der Waals surface area contributed by atoms with Crippen LogP contribution < -0.4 is 10.9 Å². The number of nitrogens with one attached hydrogen (secondary N) is 1. The molecule has 6 nitrogen and oxygen atoms in total. The lowest BCUT2D eigenvalue weighted by molar-refractivity contribution is -0.122. The molecule has 1 fully saturated rings. The highest BCUT2D eigenvalue weighted by atomic mass is 16.5. The van der Waals surface area contributed by atoms with Crippen molar-refractivity contribution in [1.29, 1.82) is 0 Å². The minimum Gasteiger partial charge on any atom is -0.383 e. The van der Waals surface area contributed by atoms with Crippen LogP contribution in [-0.4, -0.2) is 29.4 Å². The molecular formula is C19H25N3O3. The number of ether oxygens (including phenoxy) is 1. The van der Waals surface area contributed by atoms with Crippen LogP contribution in [0.1, 0.15) is 37.8 Å². The van der Waals surface area contributed by atoms with Gasteiger partial charge >= 0.3 is 0 Å². The zero-order chi connectivity index (χ0) is 17.6. The van der Waals surface area contributed by atoms with Gasteiger partial charge in [0, 0.05) is 18.9 Å². The van der Waals surface area contributed by atoms with Gasteiger partial charge in [0.15, 0.2) is 0 Å². The number of hydrogen-bond acceptors (Lipinski definition) is 4. The molecular weight excluding hydrogens is 318 g/mol. The number of fused-ring (bicyclic) bond motifs is 1. The molecule has 0 unspecified atom stereocenters. The lowest BCUT2D eigenvalue weighted by Gasteiger charge is -2.13. The third-order valence-corrected chi connectivity index (χ3v) is 4.85. The summed E-state index contributed by atoms with van der Waals surface area (Å²) in [7, 11) is 1.59. The van der Waals surface area contributed by atoms with E-state index in [1.807, 2.05) is 18.2 Å². The highest BCUT2D eigenvalue weighted by Gasteiger charge is 2.18. The Morgan fingerprint density at radius 2 is 2.00 bits per heavy atom. The van der Waals surface area contributed by atoms with Gasteiger partial charge in [0.2, 0.25) is 5.91 Å². The third kappa shape index (κ3) is 4.25. The minimum atomic E-state index is -0.131. The summed E-state index contributed by atoms with van der Waals surface area (Å²) in [5.74, 6) is 0.577. The van der Waals surface area contributed by atoms with Gasteiger partial charge in [-0.25, -0.2) is 4.68 Å². The number of methoxy groups -OCH3 is 1. The van der Waals surface area contributed by atoms with Crippen LogP contribution in [0.3, 0.4) is 0 Å². The number of carbonyl (C=O) groups is 1. The first-order valence-corrected chi connectivity index (χ1v) is 8.93. The lowest BCUT2D eigenvalue weighted by atomic mass is 10.0. The standard InChI is InChI=1S/C19H25N3O3/c1-25-11-10-22-19(24)16-9-5-4-8-15(16)17(21-22)13-20-18(23)12-14-6-2-3-7-14/h4-5,8-9,14H,2-3,6-7,10-13H2,1H3,(H,20,23). The smallest absolute Gasteiger partial charge is 0.274 e. The van der Waals surface area contributed by atoms with Crippen LogP contribution in [0.15, 0.2) is 29.1 Å². The molecule has 0 bridgehead atoms. The molecule has 1 heterocycles. The van der Waals surface area contributed by atoms with Gasteiger partial charge in [-0.15, -0.1) is 0 Å². The molecule has 1 aliphatic carbocycles. The minimum absolute atomic E-state index is 0.0624. The Balaban J connectivity index is 1.78. The molecule has 1 amide bonds.